The number of aromatic amines is 1. The first-order chi connectivity index (χ1) is 11.2. The molecular formula is C15H15N5O3. The van der Waals surface area contributed by atoms with Gasteiger partial charge in [0.25, 0.3) is 0 Å². The van der Waals surface area contributed by atoms with Gasteiger partial charge in [0.1, 0.15) is 5.75 Å². The maximum Gasteiger partial charge on any atom is 0.338 e. The number of carbonyl (C=O) groups is 1. The molecule has 0 aliphatic heterocycles. The number of carboxylic acid groups (broad SMARTS) is 1. The van der Waals surface area contributed by atoms with Crippen molar-refractivity contribution in [3.63, 3.8) is 0 Å². The fraction of sp³-hybridized carbons (Fsp3) is 0.200. The first-order valence-corrected chi connectivity index (χ1v) is 7.07. The van der Waals surface area contributed by atoms with Gasteiger partial charge in [0.15, 0.2) is 0 Å². The second-order valence-electron chi connectivity index (χ2n) is 4.85. The Morgan fingerprint density at radius 2 is 2.22 bits per heavy atom. The second-order valence-corrected chi connectivity index (χ2v) is 4.85. The minimum absolute atomic E-state index is 0.185. The van der Waals surface area contributed by atoms with Gasteiger partial charge in [0, 0.05) is 25.4 Å². The number of ether oxygens (including phenoxy) is 1. The lowest BCUT2D eigenvalue weighted by molar-refractivity contribution is 0.0696. The average molecular weight is 313 g/mol. The van der Waals surface area contributed by atoms with Crippen LogP contribution in [0, 0.1) is 0 Å². The molecule has 0 saturated carbocycles. The predicted octanol–water partition coefficient (Wildman–Crippen LogP) is 1.84. The Morgan fingerprint density at radius 3 is 2.87 bits per heavy atom. The van der Waals surface area contributed by atoms with Crippen LogP contribution >= 0.6 is 0 Å². The molecule has 8 heteroatoms. The van der Waals surface area contributed by atoms with Crippen molar-refractivity contribution in [2.75, 3.05) is 6.61 Å². The smallest absolute Gasteiger partial charge is 0.338 e. The minimum atomic E-state index is -0.976. The maximum atomic E-state index is 10.8. The summed E-state index contributed by atoms with van der Waals surface area (Å²) in [7, 11) is 0. The molecule has 118 valence electrons. The van der Waals surface area contributed by atoms with E-state index < -0.39 is 5.97 Å². The Hall–Kier alpha value is -3.16. The lowest BCUT2D eigenvalue weighted by Gasteiger charge is -2.06. The fourth-order valence-electron chi connectivity index (χ4n) is 2.04. The maximum absolute atomic E-state index is 10.8. The Bertz CT molecular complexity index is 765. The summed E-state index contributed by atoms with van der Waals surface area (Å²) in [5, 5.41) is 19.5. The average Bonchev–Trinajstić information content (AvgIpc) is 3.24. The number of pyridine rings is 1. The largest absolute Gasteiger partial charge is 0.492 e. The van der Waals surface area contributed by atoms with Gasteiger partial charge in [-0.05, 0) is 18.2 Å². The van der Waals surface area contributed by atoms with Crippen molar-refractivity contribution in [1.82, 2.24) is 25.0 Å². The third-order valence-electron chi connectivity index (χ3n) is 3.19. The number of carboxylic acids is 1. The standard InChI is InChI=1S/C15H15N5O3/c21-15(22)11-8-18-20(10-11)6-1-7-23-12-2-3-13(16-9-12)14-4-5-17-19-14/h2-5,8-10H,1,6-7H2,(H,17,19)(H,21,22). The molecule has 3 heterocycles. The van der Waals surface area contributed by atoms with Crippen LogP contribution in [-0.4, -0.2) is 42.6 Å². The normalized spacial score (nSPS) is 10.6. The molecule has 0 spiro atoms. The highest BCUT2D eigenvalue weighted by atomic mass is 16.5. The number of aryl methyl sites for hydroxylation is 1. The summed E-state index contributed by atoms with van der Waals surface area (Å²) in [6.45, 7) is 1.08. The van der Waals surface area contributed by atoms with Gasteiger partial charge in [-0.3, -0.25) is 14.8 Å². The monoisotopic (exact) mass is 313 g/mol. The molecule has 23 heavy (non-hydrogen) atoms. The van der Waals surface area contributed by atoms with Gasteiger partial charge >= 0.3 is 5.97 Å². The van der Waals surface area contributed by atoms with E-state index >= 15 is 0 Å². The Labute approximate surface area is 131 Å². The molecule has 8 nitrogen and oxygen atoms in total. The van der Waals surface area contributed by atoms with Crippen molar-refractivity contribution in [3.05, 3.63) is 48.5 Å². The van der Waals surface area contributed by atoms with Gasteiger partial charge in [0.2, 0.25) is 0 Å². The third-order valence-corrected chi connectivity index (χ3v) is 3.19. The van der Waals surface area contributed by atoms with Crippen LogP contribution in [0.15, 0.2) is 43.0 Å². The molecule has 0 atom stereocenters. The summed E-state index contributed by atoms with van der Waals surface area (Å²) in [4.78, 5) is 15.1. The fourth-order valence-corrected chi connectivity index (χ4v) is 2.04. The molecule has 0 aliphatic rings. The van der Waals surface area contributed by atoms with Crippen LogP contribution in [-0.2, 0) is 6.54 Å². The lowest BCUT2D eigenvalue weighted by Crippen LogP contribution is -2.05. The highest BCUT2D eigenvalue weighted by Crippen LogP contribution is 2.16. The molecule has 0 bridgehead atoms. The Morgan fingerprint density at radius 1 is 1.30 bits per heavy atom. The van der Waals surface area contributed by atoms with Crippen LogP contribution in [0.25, 0.3) is 11.4 Å². The number of nitrogens with one attached hydrogen (secondary N) is 1. The van der Waals surface area contributed by atoms with Gasteiger partial charge in [-0.2, -0.15) is 10.2 Å². The van der Waals surface area contributed by atoms with E-state index in [0.29, 0.717) is 25.3 Å². The molecule has 0 radical (unpaired) electrons. The first-order valence-electron chi connectivity index (χ1n) is 7.07. The van der Waals surface area contributed by atoms with Crippen molar-refractivity contribution in [2.24, 2.45) is 0 Å². The molecule has 0 aromatic carbocycles. The van der Waals surface area contributed by atoms with Crippen molar-refractivity contribution < 1.29 is 14.6 Å². The number of hydrogen-bond acceptors (Lipinski definition) is 5. The molecule has 0 amide bonds. The van der Waals surface area contributed by atoms with Crippen LogP contribution in [0.5, 0.6) is 5.75 Å². The Balaban J connectivity index is 1.46. The highest BCUT2D eigenvalue weighted by Gasteiger charge is 2.05. The second kappa shape index (κ2) is 6.73. The molecule has 0 unspecified atom stereocenters. The van der Waals surface area contributed by atoms with Crippen LogP contribution in [0.4, 0.5) is 0 Å². The van der Waals surface area contributed by atoms with Gasteiger partial charge in [-0.15, -0.1) is 0 Å². The van der Waals surface area contributed by atoms with E-state index in [0.717, 1.165) is 11.4 Å². The van der Waals surface area contributed by atoms with E-state index in [4.69, 9.17) is 9.84 Å². The first kappa shape index (κ1) is 14.8. The molecule has 0 fully saturated rings. The number of aromatic nitrogens is 5. The van der Waals surface area contributed by atoms with E-state index in [1.54, 1.807) is 17.1 Å². The molecule has 0 saturated heterocycles. The van der Waals surface area contributed by atoms with Crippen molar-refractivity contribution >= 4 is 5.97 Å². The number of nitrogens with zero attached hydrogens (tertiary/aromatic N) is 4. The zero-order valence-corrected chi connectivity index (χ0v) is 12.2. The van der Waals surface area contributed by atoms with Crippen LogP contribution in [0.1, 0.15) is 16.8 Å². The zero-order valence-electron chi connectivity index (χ0n) is 12.2. The van der Waals surface area contributed by atoms with Crippen LogP contribution in [0.3, 0.4) is 0 Å². The van der Waals surface area contributed by atoms with Crippen LogP contribution < -0.4 is 4.74 Å². The highest BCUT2D eigenvalue weighted by molar-refractivity contribution is 5.86. The van der Waals surface area contributed by atoms with E-state index in [-0.39, 0.29) is 5.56 Å². The molecule has 2 N–H and O–H groups in total. The SMILES string of the molecule is O=C(O)c1cnn(CCCOc2ccc(-c3ccn[nH]3)nc2)c1. The summed E-state index contributed by atoms with van der Waals surface area (Å²) in [5.74, 6) is -0.295. The summed E-state index contributed by atoms with van der Waals surface area (Å²) >= 11 is 0. The number of aromatic carboxylic acids is 1. The zero-order chi connectivity index (χ0) is 16.1. The number of rotatable bonds is 7. The molecule has 3 aromatic rings. The third kappa shape index (κ3) is 3.73. The minimum Gasteiger partial charge on any atom is -0.492 e. The number of H-pyrrole nitrogens is 1. The van der Waals surface area contributed by atoms with E-state index in [1.807, 2.05) is 18.2 Å². The van der Waals surface area contributed by atoms with Crippen LogP contribution in [0.2, 0.25) is 0 Å². The summed E-state index contributed by atoms with van der Waals surface area (Å²) in [6.07, 6.45) is 6.88. The topological polar surface area (TPSA) is 106 Å². The van der Waals surface area contributed by atoms with Gasteiger partial charge in [-0.25, -0.2) is 4.79 Å². The van der Waals surface area contributed by atoms with Gasteiger partial charge in [0.05, 0.1) is 36.0 Å². The van der Waals surface area contributed by atoms with Crippen molar-refractivity contribution in [3.8, 4) is 17.1 Å². The summed E-state index contributed by atoms with van der Waals surface area (Å²) in [5.41, 5.74) is 1.83. The van der Waals surface area contributed by atoms with Gasteiger partial charge < -0.3 is 9.84 Å². The van der Waals surface area contributed by atoms with E-state index in [1.165, 1.54) is 12.4 Å². The van der Waals surface area contributed by atoms with Gasteiger partial charge in [-0.1, -0.05) is 0 Å². The number of hydrogen-bond donors (Lipinski definition) is 2. The molecule has 3 rings (SSSR count). The molecule has 0 aliphatic carbocycles. The van der Waals surface area contributed by atoms with E-state index in [9.17, 15) is 4.79 Å². The quantitative estimate of drug-likeness (QED) is 0.645. The molecule has 3 aromatic heterocycles. The predicted molar refractivity (Wildman–Crippen MR) is 81.1 cm³/mol. The molecular weight excluding hydrogens is 298 g/mol. The Kier molecular flexibility index (Phi) is 4.32. The van der Waals surface area contributed by atoms with E-state index in [2.05, 4.69) is 20.3 Å². The summed E-state index contributed by atoms with van der Waals surface area (Å²) < 4.78 is 7.20. The lowest BCUT2D eigenvalue weighted by atomic mass is 10.3. The van der Waals surface area contributed by atoms with Crippen molar-refractivity contribution in [2.45, 2.75) is 13.0 Å². The summed E-state index contributed by atoms with van der Waals surface area (Å²) in [6, 6.07) is 5.55. The van der Waals surface area contributed by atoms with Crippen molar-refractivity contribution in [1.29, 1.82) is 0 Å².